The van der Waals surface area contributed by atoms with Gasteiger partial charge in [-0.2, -0.15) is 0 Å². The van der Waals surface area contributed by atoms with Crippen LogP contribution < -0.4 is 15.2 Å². The van der Waals surface area contributed by atoms with E-state index in [-0.39, 0.29) is 48.7 Å². The standard InChI is InChI=1S/C29H45NO9/c1-9-18(6)15-36-29(35)37-20(8)19(7)26(27(30)28(33)34)21-10-11-22(38-24(31)12-16(2)3)23(14-21)39-25(32)13-17(4)5/h10-11,14,16-20,26-27H,9,12-13,15,30H2,1-8H3,(H,33,34)/t18?,19?,20?,26?,27-/m0/s1. The van der Waals surface area contributed by atoms with Crippen molar-refractivity contribution >= 4 is 24.1 Å². The van der Waals surface area contributed by atoms with Crippen molar-refractivity contribution in [2.75, 3.05) is 6.61 Å². The molecule has 5 atom stereocenters. The summed E-state index contributed by atoms with van der Waals surface area (Å²) in [5.74, 6) is -3.46. The molecule has 1 rings (SSSR count). The highest BCUT2D eigenvalue weighted by Gasteiger charge is 2.36. The summed E-state index contributed by atoms with van der Waals surface area (Å²) in [5.41, 5.74) is 6.52. The van der Waals surface area contributed by atoms with E-state index in [9.17, 15) is 24.3 Å². The van der Waals surface area contributed by atoms with Crippen molar-refractivity contribution in [3.8, 4) is 11.5 Å². The van der Waals surface area contributed by atoms with Crippen LogP contribution >= 0.6 is 0 Å². The number of carbonyl (C=O) groups is 4. The molecule has 0 amide bonds. The summed E-state index contributed by atoms with van der Waals surface area (Å²) in [5, 5.41) is 9.76. The highest BCUT2D eigenvalue weighted by Crippen LogP contribution is 2.37. The van der Waals surface area contributed by atoms with Gasteiger partial charge in [-0.1, -0.05) is 61.0 Å². The average Bonchev–Trinajstić information content (AvgIpc) is 2.82. The fourth-order valence-corrected chi connectivity index (χ4v) is 3.80. The summed E-state index contributed by atoms with van der Waals surface area (Å²) in [4.78, 5) is 49.0. The fourth-order valence-electron chi connectivity index (χ4n) is 3.80. The smallest absolute Gasteiger partial charge is 0.480 e. The summed E-state index contributed by atoms with van der Waals surface area (Å²) in [7, 11) is 0. The Morgan fingerprint density at radius 2 is 1.41 bits per heavy atom. The summed E-state index contributed by atoms with van der Waals surface area (Å²) < 4.78 is 21.6. The van der Waals surface area contributed by atoms with Gasteiger partial charge in [0.25, 0.3) is 0 Å². The molecule has 0 aliphatic heterocycles. The Labute approximate surface area is 231 Å². The van der Waals surface area contributed by atoms with Crippen LogP contribution in [0.4, 0.5) is 4.79 Å². The molecule has 1 aromatic carbocycles. The third kappa shape index (κ3) is 11.6. The Balaban J connectivity index is 3.36. The molecule has 0 spiro atoms. The van der Waals surface area contributed by atoms with Gasteiger partial charge in [0.15, 0.2) is 11.5 Å². The highest BCUT2D eigenvalue weighted by atomic mass is 16.7. The number of esters is 2. The molecule has 0 radical (unpaired) electrons. The minimum absolute atomic E-state index is 0.0217. The maximum Gasteiger partial charge on any atom is 0.508 e. The van der Waals surface area contributed by atoms with Gasteiger partial charge in [0.2, 0.25) is 0 Å². The molecule has 0 aliphatic carbocycles. The largest absolute Gasteiger partial charge is 0.508 e. The van der Waals surface area contributed by atoms with Gasteiger partial charge >= 0.3 is 24.1 Å². The van der Waals surface area contributed by atoms with Gasteiger partial charge in [0.05, 0.1) is 6.61 Å². The van der Waals surface area contributed by atoms with Crippen molar-refractivity contribution < 1.29 is 43.2 Å². The Morgan fingerprint density at radius 1 is 0.872 bits per heavy atom. The SMILES string of the molecule is CCC(C)COC(=O)OC(C)C(C)C(c1ccc(OC(=O)CC(C)C)c(OC(=O)CC(C)C)c1)[C@H](N)C(=O)O. The molecule has 4 unspecified atom stereocenters. The van der Waals surface area contributed by atoms with Gasteiger partial charge < -0.3 is 29.8 Å². The molecule has 10 heteroatoms. The second kappa shape index (κ2) is 16.1. The lowest BCUT2D eigenvalue weighted by molar-refractivity contribution is -0.140. The van der Waals surface area contributed by atoms with Crippen molar-refractivity contribution in [2.45, 2.75) is 92.7 Å². The molecule has 0 heterocycles. The number of aliphatic carboxylic acids is 1. The Kier molecular flexibility index (Phi) is 14.0. The van der Waals surface area contributed by atoms with Gasteiger partial charge in [-0.15, -0.1) is 0 Å². The molecule has 220 valence electrons. The molecule has 0 saturated heterocycles. The van der Waals surface area contributed by atoms with Gasteiger partial charge in [0, 0.05) is 24.7 Å². The summed E-state index contributed by atoms with van der Waals surface area (Å²) in [6, 6.07) is 3.09. The molecule has 10 nitrogen and oxygen atoms in total. The third-order valence-electron chi connectivity index (χ3n) is 6.39. The number of benzene rings is 1. The molecule has 0 aliphatic rings. The van der Waals surface area contributed by atoms with Crippen molar-refractivity contribution in [1.82, 2.24) is 0 Å². The average molecular weight is 552 g/mol. The number of carboxylic acid groups (broad SMARTS) is 1. The number of carboxylic acids is 1. The summed E-state index contributed by atoms with van der Waals surface area (Å²) in [6.07, 6.45) is -0.496. The quantitative estimate of drug-likeness (QED) is 0.217. The zero-order valence-corrected chi connectivity index (χ0v) is 24.4. The molecular weight excluding hydrogens is 506 g/mol. The van der Waals surface area contributed by atoms with Crippen LogP contribution in [0.2, 0.25) is 0 Å². The minimum atomic E-state index is -1.38. The monoisotopic (exact) mass is 551 g/mol. The maximum atomic E-state index is 12.5. The number of rotatable bonds is 15. The molecule has 39 heavy (non-hydrogen) atoms. The van der Waals surface area contributed by atoms with E-state index in [1.807, 2.05) is 41.5 Å². The molecule has 0 bridgehead atoms. The van der Waals surface area contributed by atoms with Crippen LogP contribution in [-0.2, 0) is 23.9 Å². The van der Waals surface area contributed by atoms with Gasteiger partial charge in [-0.25, -0.2) is 4.79 Å². The van der Waals surface area contributed by atoms with E-state index in [2.05, 4.69) is 0 Å². The molecule has 1 aromatic rings. The Hall–Kier alpha value is -3.14. The fraction of sp³-hybridized carbons (Fsp3) is 0.655. The first-order valence-corrected chi connectivity index (χ1v) is 13.5. The maximum absolute atomic E-state index is 12.5. The lowest BCUT2D eigenvalue weighted by Gasteiger charge is -2.31. The van der Waals surface area contributed by atoms with Crippen LogP contribution in [0.3, 0.4) is 0 Å². The lowest BCUT2D eigenvalue weighted by Crippen LogP contribution is -2.42. The second-order valence-corrected chi connectivity index (χ2v) is 11.0. The number of nitrogens with two attached hydrogens (primary N) is 1. The molecular formula is C29H45NO9. The molecule has 0 fully saturated rings. The predicted molar refractivity (Wildman–Crippen MR) is 145 cm³/mol. The van der Waals surface area contributed by atoms with Gasteiger partial charge in [0.1, 0.15) is 12.1 Å². The first-order valence-electron chi connectivity index (χ1n) is 13.5. The molecule has 0 saturated carbocycles. The van der Waals surface area contributed by atoms with Crippen LogP contribution in [0.1, 0.15) is 86.1 Å². The van der Waals surface area contributed by atoms with Crippen molar-refractivity contribution in [3.05, 3.63) is 23.8 Å². The van der Waals surface area contributed by atoms with Crippen molar-refractivity contribution in [3.63, 3.8) is 0 Å². The van der Waals surface area contributed by atoms with Gasteiger partial charge in [-0.05, 0) is 42.4 Å². The van der Waals surface area contributed by atoms with E-state index >= 15 is 0 Å². The first-order chi connectivity index (χ1) is 18.2. The Bertz CT molecular complexity index is 976. The topological polar surface area (TPSA) is 151 Å². The number of hydrogen-bond donors (Lipinski definition) is 2. The van der Waals surface area contributed by atoms with E-state index in [1.54, 1.807) is 19.9 Å². The third-order valence-corrected chi connectivity index (χ3v) is 6.39. The second-order valence-electron chi connectivity index (χ2n) is 11.0. The predicted octanol–water partition coefficient (Wildman–Crippen LogP) is 5.31. The van der Waals surface area contributed by atoms with E-state index in [0.717, 1.165) is 6.42 Å². The normalized spacial score (nSPS) is 15.2. The lowest BCUT2D eigenvalue weighted by atomic mass is 9.79. The molecule has 3 N–H and O–H groups in total. The van der Waals surface area contributed by atoms with E-state index in [4.69, 9.17) is 24.7 Å². The van der Waals surface area contributed by atoms with Crippen molar-refractivity contribution in [1.29, 1.82) is 0 Å². The highest BCUT2D eigenvalue weighted by molar-refractivity contribution is 5.77. The van der Waals surface area contributed by atoms with E-state index in [0.29, 0.717) is 5.56 Å². The van der Waals surface area contributed by atoms with E-state index < -0.39 is 48.0 Å². The number of ether oxygens (including phenoxy) is 4. The zero-order valence-electron chi connectivity index (χ0n) is 24.4. The van der Waals surface area contributed by atoms with Crippen LogP contribution in [0.5, 0.6) is 11.5 Å². The molecule has 0 aromatic heterocycles. The van der Waals surface area contributed by atoms with Crippen LogP contribution in [0.15, 0.2) is 18.2 Å². The van der Waals surface area contributed by atoms with Crippen molar-refractivity contribution in [2.24, 2.45) is 29.4 Å². The van der Waals surface area contributed by atoms with Crippen LogP contribution in [0.25, 0.3) is 0 Å². The zero-order chi connectivity index (χ0) is 29.9. The number of carbonyl (C=O) groups excluding carboxylic acids is 3. The first kappa shape index (κ1) is 33.9. The van der Waals surface area contributed by atoms with Gasteiger partial charge in [-0.3, -0.25) is 14.4 Å². The van der Waals surface area contributed by atoms with Crippen LogP contribution in [0, 0.1) is 23.7 Å². The Morgan fingerprint density at radius 3 is 1.90 bits per heavy atom. The minimum Gasteiger partial charge on any atom is -0.480 e. The number of hydrogen-bond acceptors (Lipinski definition) is 9. The van der Waals surface area contributed by atoms with Crippen LogP contribution in [-0.4, -0.2) is 47.9 Å². The summed E-state index contributed by atoms with van der Waals surface area (Å²) >= 11 is 0. The van der Waals surface area contributed by atoms with E-state index in [1.165, 1.54) is 12.1 Å². The summed E-state index contributed by atoms with van der Waals surface area (Å²) in [6.45, 7) is 14.9.